The molecule has 1 aliphatic rings. The van der Waals surface area contributed by atoms with Crippen LogP contribution in [-0.2, 0) is 0 Å². The summed E-state index contributed by atoms with van der Waals surface area (Å²) < 4.78 is 0. The van der Waals surface area contributed by atoms with Gasteiger partial charge in [0.2, 0.25) is 11.9 Å². The predicted molar refractivity (Wildman–Crippen MR) is 83.4 cm³/mol. The van der Waals surface area contributed by atoms with E-state index in [0.29, 0.717) is 11.8 Å². The van der Waals surface area contributed by atoms with E-state index in [-0.39, 0.29) is 0 Å². The molecule has 2 aromatic heterocycles. The zero-order valence-electron chi connectivity index (χ0n) is 12.5. The van der Waals surface area contributed by atoms with Gasteiger partial charge in [0.05, 0.1) is 0 Å². The lowest BCUT2D eigenvalue weighted by Gasteiger charge is -2.16. The summed E-state index contributed by atoms with van der Waals surface area (Å²) in [5.41, 5.74) is 2.03. The van der Waals surface area contributed by atoms with Crippen molar-refractivity contribution in [2.24, 2.45) is 0 Å². The van der Waals surface area contributed by atoms with Gasteiger partial charge in [-0.05, 0) is 38.3 Å². The van der Waals surface area contributed by atoms with Crippen molar-refractivity contribution in [2.45, 2.75) is 26.7 Å². The second-order valence-electron chi connectivity index (χ2n) is 5.26. The van der Waals surface area contributed by atoms with Gasteiger partial charge in [-0.15, -0.1) is 0 Å². The van der Waals surface area contributed by atoms with Crippen LogP contribution in [0.1, 0.15) is 25.3 Å². The van der Waals surface area contributed by atoms with Gasteiger partial charge in [0.1, 0.15) is 0 Å². The highest BCUT2D eigenvalue weighted by molar-refractivity contribution is 5.58. The van der Waals surface area contributed by atoms with E-state index >= 15 is 0 Å². The lowest BCUT2D eigenvalue weighted by atomic mass is 10.2. The third-order valence-electron chi connectivity index (χ3n) is 3.48. The van der Waals surface area contributed by atoms with Crippen molar-refractivity contribution in [2.75, 3.05) is 29.9 Å². The second kappa shape index (κ2) is 6.03. The van der Waals surface area contributed by atoms with Crippen LogP contribution >= 0.6 is 0 Å². The molecule has 1 saturated heterocycles. The van der Waals surface area contributed by atoms with Gasteiger partial charge in [0.25, 0.3) is 0 Å². The summed E-state index contributed by atoms with van der Waals surface area (Å²) in [7, 11) is 0. The molecule has 0 amide bonds. The molecule has 3 heterocycles. The van der Waals surface area contributed by atoms with Crippen LogP contribution in [0.3, 0.4) is 0 Å². The molecule has 0 radical (unpaired) electrons. The molecule has 1 aliphatic heterocycles. The fourth-order valence-corrected chi connectivity index (χ4v) is 2.47. The van der Waals surface area contributed by atoms with Crippen LogP contribution in [0.25, 0.3) is 11.4 Å². The van der Waals surface area contributed by atoms with Crippen molar-refractivity contribution in [1.82, 2.24) is 19.9 Å². The molecule has 6 heteroatoms. The summed E-state index contributed by atoms with van der Waals surface area (Å²) in [4.78, 5) is 20.1. The van der Waals surface area contributed by atoms with E-state index < -0.39 is 0 Å². The lowest BCUT2D eigenvalue weighted by Crippen LogP contribution is -2.22. The first kappa shape index (κ1) is 13.7. The summed E-state index contributed by atoms with van der Waals surface area (Å²) in [5, 5.41) is 3.19. The van der Waals surface area contributed by atoms with Gasteiger partial charge in [-0.25, -0.2) is 0 Å². The lowest BCUT2D eigenvalue weighted by molar-refractivity contribution is 0.881. The normalized spacial score (nSPS) is 14.5. The van der Waals surface area contributed by atoms with Crippen molar-refractivity contribution in [3.63, 3.8) is 0 Å². The number of nitrogens with zero attached hydrogens (tertiary/aromatic N) is 5. The van der Waals surface area contributed by atoms with Crippen LogP contribution in [0.5, 0.6) is 0 Å². The number of pyridine rings is 1. The van der Waals surface area contributed by atoms with Crippen LogP contribution in [0, 0.1) is 6.92 Å². The van der Waals surface area contributed by atoms with Crippen LogP contribution in [0.2, 0.25) is 0 Å². The van der Waals surface area contributed by atoms with Crippen molar-refractivity contribution in [1.29, 1.82) is 0 Å². The van der Waals surface area contributed by atoms with Gasteiger partial charge in [-0.3, -0.25) is 4.98 Å². The quantitative estimate of drug-likeness (QED) is 0.929. The van der Waals surface area contributed by atoms with E-state index in [4.69, 9.17) is 0 Å². The Labute approximate surface area is 124 Å². The summed E-state index contributed by atoms with van der Waals surface area (Å²) in [6.45, 7) is 6.87. The highest BCUT2D eigenvalue weighted by Gasteiger charge is 2.18. The Morgan fingerprint density at radius 2 is 1.95 bits per heavy atom. The molecule has 2 aromatic rings. The number of hydrogen-bond acceptors (Lipinski definition) is 6. The highest BCUT2D eigenvalue weighted by Crippen LogP contribution is 2.22. The molecule has 110 valence electrons. The minimum atomic E-state index is 0.630. The largest absolute Gasteiger partial charge is 0.354 e. The van der Waals surface area contributed by atoms with Crippen LogP contribution in [0.15, 0.2) is 18.5 Å². The molecule has 21 heavy (non-hydrogen) atoms. The van der Waals surface area contributed by atoms with E-state index in [0.717, 1.165) is 36.7 Å². The van der Waals surface area contributed by atoms with Gasteiger partial charge in [-0.2, -0.15) is 15.0 Å². The zero-order valence-corrected chi connectivity index (χ0v) is 12.5. The molecule has 0 aromatic carbocycles. The average Bonchev–Trinajstić information content (AvgIpc) is 3.01. The number of aryl methyl sites for hydroxylation is 1. The third-order valence-corrected chi connectivity index (χ3v) is 3.48. The summed E-state index contributed by atoms with van der Waals surface area (Å²) in [6, 6.07) is 2.05. The second-order valence-corrected chi connectivity index (χ2v) is 5.26. The standard InChI is InChI=1S/C15H20N6/c1-3-17-14-18-13(12-8-11(2)9-16-10-12)19-15(20-14)21-6-4-5-7-21/h8-10H,3-7H2,1-2H3,(H,17,18,19,20). The van der Waals surface area contributed by atoms with Gasteiger partial charge in [0, 0.05) is 37.6 Å². The van der Waals surface area contributed by atoms with E-state index in [1.165, 1.54) is 12.8 Å². The molecule has 6 nitrogen and oxygen atoms in total. The smallest absolute Gasteiger partial charge is 0.230 e. The topological polar surface area (TPSA) is 66.8 Å². The van der Waals surface area contributed by atoms with Crippen molar-refractivity contribution in [3.05, 3.63) is 24.0 Å². The molecule has 0 unspecified atom stereocenters. The Morgan fingerprint density at radius 1 is 1.14 bits per heavy atom. The first-order chi connectivity index (χ1) is 10.3. The maximum Gasteiger partial charge on any atom is 0.230 e. The summed E-state index contributed by atoms with van der Waals surface area (Å²) in [6.07, 6.45) is 6.02. The number of rotatable bonds is 4. The third kappa shape index (κ3) is 3.09. The Balaban J connectivity index is 2.02. The molecule has 0 spiro atoms. The van der Waals surface area contributed by atoms with Crippen LogP contribution < -0.4 is 10.2 Å². The molecule has 0 saturated carbocycles. The number of aromatic nitrogens is 4. The van der Waals surface area contributed by atoms with E-state index in [2.05, 4.69) is 30.2 Å². The first-order valence-corrected chi connectivity index (χ1v) is 7.43. The Hall–Kier alpha value is -2.24. The zero-order chi connectivity index (χ0) is 14.7. The fraction of sp³-hybridized carbons (Fsp3) is 0.467. The molecule has 3 rings (SSSR count). The van der Waals surface area contributed by atoms with Gasteiger partial charge in [-0.1, -0.05) is 0 Å². The Kier molecular flexibility index (Phi) is 3.94. The number of hydrogen-bond donors (Lipinski definition) is 1. The van der Waals surface area contributed by atoms with Crippen molar-refractivity contribution < 1.29 is 0 Å². The molecule has 0 aliphatic carbocycles. The van der Waals surface area contributed by atoms with Gasteiger partial charge < -0.3 is 10.2 Å². The molecule has 0 atom stereocenters. The van der Waals surface area contributed by atoms with Crippen molar-refractivity contribution in [3.8, 4) is 11.4 Å². The Morgan fingerprint density at radius 3 is 2.67 bits per heavy atom. The number of anilines is 2. The minimum Gasteiger partial charge on any atom is -0.354 e. The Bertz CT molecular complexity index is 621. The highest BCUT2D eigenvalue weighted by atomic mass is 15.3. The van der Waals surface area contributed by atoms with E-state index in [9.17, 15) is 0 Å². The maximum absolute atomic E-state index is 4.63. The van der Waals surface area contributed by atoms with Gasteiger partial charge in [0.15, 0.2) is 5.82 Å². The molecule has 1 N–H and O–H groups in total. The minimum absolute atomic E-state index is 0.630. The SMILES string of the molecule is CCNc1nc(-c2cncc(C)c2)nc(N2CCCC2)n1. The monoisotopic (exact) mass is 284 g/mol. The van der Waals surface area contributed by atoms with Gasteiger partial charge >= 0.3 is 0 Å². The molecule has 0 bridgehead atoms. The fourth-order valence-electron chi connectivity index (χ4n) is 2.47. The van der Waals surface area contributed by atoms with Crippen molar-refractivity contribution >= 4 is 11.9 Å². The average molecular weight is 284 g/mol. The summed E-state index contributed by atoms with van der Waals surface area (Å²) in [5.74, 6) is 2.07. The molecule has 1 fully saturated rings. The maximum atomic E-state index is 4.63. The van der Waals surface area contributed by atoms with Crippen LogP contribution in [0.4, 0.5) is 11.9 Å². The molecular formula is C15H20N6. The molecular weight excluding hydrogens is 264 g/mol. The number of nitrogens with one attached hydrogen (secondary N) is 1. The summed E-state index contributed by atoms with van der Waals surface area (Å²) >= 11 is 0. The van der Waals surface area contributed by atoms with Crippen LogP contribution in [-0.4, -0.2) is 39.6 Å². The first-order valence-electron chi connectivity index (χ1n) is 7.43. The van der Waals surface area contributed by atoms with E-state index in [1.807, 2.05) is 26.1 Å². The predicted octanol–water partition coefficient (Wildman–Crippen LogP) is 2.27. The van der Waals surface area contributed by atoms with E-state index in [1.54, 1.807) is 6.20 Å².